The van der Waals surface area contributed by atoms with Gasteiger partial charge in [-0.05, 0) is 89.8 Å². The second-order valence-electron chi connectivity index (χ2n) is 18.4. The van der Waals surface area contributed by atoms with Crippen molar-refractivity contribution in [3.63, 3.8) is 0 Å². The van der Waals surface area contributed by atoms with E-state index in [1.807, 2.05) is 54.0 Å². The molecule has 3 aliphatic rings. The van der Waals surface area contributed by atoms with Crippen LogP contribution in [0.1, 0.15) is 87.7 Å². The highest BCUT2D eigenvalue weighted by Crippen LogP contribution is 2.40. The van der Waals surface area contributed by atoms with Gasteiger partial charge in [-0.15, -0.1) is 0 Å². The van der Waals surface area contributed by atoms with Crippen LogP contribution >= 0.6 is 0 Å². The molecule has 3 fully saturated rings. The zero-order chi connectivity index (χ0) is 45.6. The van der Waals surface area contributed by atoms with Gasteiger partial charge in [-0.1, -0.05) is 87.0 Å². The van der Waals surface area contributed by atoms with Crippen LogP contribution in [0.4, 0.5) is 4.79 Å². The number of alkyl carbamates (subject to hydrolysis) is 1. The summed E-state index contributed by atoms with van der Waals surface area (Å²) in [6.45, 7) is 5.57. The lowest BCUT2D eigenvalue weighted by molar-refractivity contribution is -0.138. The fourth-order valence-corrected chi connectivity index (χ4v) is 10.2. The van der Waals surface area contributed by atoms with Gasteiger partial charge >= 0.3 is 6.09 Å². The number of likely N-dealkylation sites (tertiary alicyclic amines) is 2. The number of aromatic amines is 2. The Morgan fingerprint density at radius 2 is 1.39 bits per heavy atom. The zero-order valence-corrected chi connectivity index (χ0v) is 37.8. The number of carbonyl (C=O) groups is 4. The van der Waals surface area contributed by atoms with Gasteiger partial charge in [0.2, 0.25) is 17.7 Å². The number of carbonyl (C=O) groups excluding carboxylic acids is 4. The van der Waals surface area contributed by atoms with E-state index in [1.54, 1.807) is 7.11 Å². The highest BCUT2D eigenvalue weighted by atomic mass is 16.5. The fourth-order valence-electron chi connectivity index (χ4n) is 10.2. The highest BCUT2D eigenvalue weighted by Gasteiger charge is 2.43. The molecule has 0 radical (unpaired) electrons. The van der Waals surface area contributed by atoms with Gasteiger partial charge in [-0.25, -0.2) is 14.8 Å². The van der Waals surface area contributed by atoms with Gasteiger partial charge in [0.05, 0.1) is 47.9 Å². The van der Waals surface area contributed by atoms with Crippen molar-refractivity contribution < 1.29 is 28.7 Å². The summed E-state index contributed by atoms with van der Waals surface area (Å²) in [4.78, 5) is 74.9. The smallest absolute Gasteiger partial charge is 0.407 e. The Morgan fingerprint density at radius 1 is 0.758 bits per heavy atom. The van der Waals surface area contributed by atoms with E-state index in [2.05, 4.69) is 81.3 Å². The van der Waals surface area contributed by atoms with Gasteiger partial charge in [-0.3, -0.25) is 14.4 Å². The second-order valence-corrected chi connectivity index (χ2v) is 18.4. The molecule has 1 saturated carbocycles. The van der Waals surface area contributed by atoms with Crippen LogP contribution in [0.25, 0.3) is 54.7 Å². The van der Waals surface area contributed by atoms with Crippen molar-refractivity contribution in [3.05, 3.63) is 108 Å². The van der Waals surface area contributed by atoms with Crippen LogP contribution in [0.15, 0.2) is 91.0 Å². The molecule has 4 N–H and O–H groups in total. The number of imidazole rings is 2. The van der Waals surface area contributed by atoms with Crippen molar-refractivity contribution in [1.82, 2.24) is 40.4 Å². The third kappa shape index (κ3) is 8.12. The number of methoxy groups -OCH3 is 2. The summed E-state index contributed by atoms with van der Waals surface area (Å²) in [7, 11) is 2.99. The molecule has 4 heterocycles. The lowest BCUT2D eigenvalue weighted by atomic mass is 9.97. The number of ether oxygens (including phenoxy) is 2. The summed E-state index contributed by atoms with van der Waals surface area (Å²) in [5.41, 5.74) is 6.37. The number of aromatic nitrogens is 4. The Balaban J connectivity index is 0.917. The van der Waals surface area contributed by atoms with Gasteiger partial charge in [0, 0.05) is 42.8 Å². The van der Waals surface area contributed by atoms with E-state index in [0.717, 1.165) is 98.2 Å². The molecule has 14 nitrogen and oxygen atoms in total. The number of nitrogens with zero attached hydrogens (tertiary/aromatic N) is 4. The maximum Gasteiger partial charge on any atom is 0.407 e. The van der Waals surface area contributed by atoms with Crippen molar-refractivity contribution >= 4 is 67.4 Å². The molecule has 2 aromatic heterocycles. The molecule has 6 atom stereocenters. The van der Waals surface area contributed by atoms with E-state index in [1.165, 1.54) is 7.11 Å². The first-order valence-corrected chi connectivity index (χ1v) is 23.3. The van der Waals surface area contributed by atoms with E-state index < -0.39 is 18.2 Å². The Bertz CT molecular complexity index is 2980. The second kappa shape index (κ2) is 17.9. The first-order valence-electron chi connectivity index (χ1n) is 23.3. The minimum absolute atomic E-state index is 0.0325. The SMILES string of the molecule is CC[C@H](C)[C@H](NC(=O)OC)C(=O)N1CCC[C@H]1c1nc2c(ccc3cc(-c4ccc5c(ccc6[nH]c([C@@H]7C[C@H](COC)CN7C(=O)[C@H](NC(=O)C7CC7)c7ccccc7)nc65)c4)ccc32)[nH]1. The average molecular weight is 889 g/mol. The van der Waals surface area contributed by atoms with E-state index in [0.29, 0.717) is 31.9 Å². The van der Waals surface area contributed by atoms with Crippen molar-refractivity contribution in [2.24, 2.45) is 17.8 Å². The number of rotatable bonds is 13. The maximum atomic E-state index is 14.6. The average Bonchev–Trinajstić information content (AvgIpc) is 3.67. The van der Waals surface area contributed by atoms with Gasteiger partial charge in [0.25, 0.3) is 0 Å². The molecule has 5 aromatic carbocycles. The molecular weight excluding hydrogens is 833 g/mol. The molecule has 4 amide bonds. The summed E-state index contributed by atoms with van der Waals surface area (Å²) in [5, 5.41) is 9.97. The quantitative estimate of drug-likeness (QED) is 0.0890. The van der Waals surface area contributed by atoms with Crippen molar-refractivity contribution in [1.29, 1.82) is 0 Å². The van der Waals surface area contributed by atoms with E-state index in [-0.39, 0.29) is 47.6 Å². The molecule has 10 rings (SSSR count). The summed E-state index contributed by atoms with van der Waals surface area (Å²) in [6.07, 6.45) is 4.11. The Labute approximate surface area is 382 Å². The predicted molar refractivity (Wildman–Crippen MR) is 253 cm³/mol. The standard InChI is InChI=1S/C52H56N8O6/c1-5-29(2)43(58-52(64)66-4)50(62)59-23-9-12-41(59)47-53-39-21-17-35-25-33(15-19-37(35)45(39)55-47)34-16-20-38-36(26-34)18-22-40-46(38)56-48(54-40)42-24-30(28-65-3)27-60(42)51(63)44(31-10-7-6-8-11-31)57-49(61)32-13-14-32/h6-8,10-11,15-22,25-26,29-30,32,41-44H,5,9,12-14,23-24,27-28H2,1-4H3,(H,53,55)(H,54,56)(H,57,61)(H,58,64)/t29-,30-,41-,42-,43-,44+/m0/s1. The van der Waals surface area contributed by atoms with Crippen LogP contribution in [0, 0.1) is 17.8 Å². The molecule has 0 spiro atoms. The van der Waals surface area contributed by atoms with Crippen LogP contribution in [-0.2, 0) is 23.9 Å². The van der Waals surface area contributed by atoms with Crippen LogP contribution < -0.4 is 10.6 Å². The molecule has 2 aliphatic heterocycles. The number of hydrogen-bond acceptors (Lipinski definition) is 8. The van der Waals surface area contributed by atoms with E-state index >= 15 is 0 Å². The van der Waals surface area contributed by atoms with Crippen LogP contribution in [0.3, 0.4) is 0 Å². The number of benzene rings is 5. The Kier molecular flexibility index (Phi) is 11.7. The molecular formula is C52H56N8O6. The molecule has 2 saturated heterocycles. The number of amides is 4. The summed E-state index contributed by atoms with van der Waals surface area (Å²) < 4.78 is 10.4. The number of hydrogen-bond donors (Lipinski definition) is 4. The topological polar surface area (TPSA) is 175 Å². The van der Waals surface area contributed by atoms with E-state index in [9.17, 15) is 19.2 Å². The third-order valence-corrected chi connectivity index (χ3v) is 14.1. The van der Waals surface area contributed by atoms with Gasteiger partial charge < -0.3 is 39.9 Å². The first-order chi connectivity index (χ1) is 32.1. The summed E-state index contributed by atoms with van der Waals surface area (Å²) in [5.74, 6) is 1.13. The minimum atomic E-state index is -0.795. The van der Waals surface area contributed by atoms with Crippen molar-refractivity contribution in [3.8, 4) is 11.1 Å². The highest BCUT2D eigenvalue weighted by molar-refractivity contribution is 6.07. The lowest BCUT2D eigenvalue weighted by Gasteiger charge is -2.30. The summed E-state index contributed by atoms with van der Waals surface area (Å²) >= 11 is 0. The number of nitrogens with one attached hydrogen (secondary N) is 4. The normalized spacial score (nSPS) is 20.0. The van der Waals surface area contributed by atoms with Crippen LogP contribution in [-0.4, -0.2) is 93.5 Å². The predicted octanol–water partition coefficient (Wildman–Crippen LogP) is 8.65. The molecule has 14 heteroatoms. The largest absolute Gasteiger partial charge is 0.453 e. The van der Waals surface area contributed by atoms with Gasteiger partial charge in [-0.2, -0.15) is 0 Å². The van der Waals surface area contributed by atoms with Crippen molar-refractivity contribution in [2.45, 2.75) is 76.5 Å². The Hall–Kier alpha value is -6.80. The third-order valence-electron chi connectivity index (χ3n) is 14.1. The molecule has 0 bridgehead atoms. The number of H-pyrrole nitrogens is 2. The van der Waals surface area contributed by atoms with E-state index in [4.69, 9.17) is 19.4 Å². The van der Waals surface area contributed by atoms with Gasteiger partial charge in [0.1, 0.15) is 23.7 Å². The van der Waals surface area contributed by atoms with Crippen LogP contribution in [0.2, 0.25) is 0 Å². The molecule has 7 aromatic rings. The molecule has 340 valence electrons. The van der Waals surface area contributed by atoms with Crippen molar-refractivity contribution in [2.75, 3.05) is 33.9 Å². The Morgan fingerprint density at radius 3 is 1.98 bits per heavy atom. The molecule has 1 aliphatic carbocycles. The molecule has 0 unspecified atom stereocenters. The first kappa shape index (κ1) is 43.1. The van der Waals surface area contributed by atoms with Crippen LogP contribution in [0.5, 0.6) is 0 Å². The minimum Gasteiger partial charge on any atom is -0.453 e. The molecule has 66 heavy (non-hydrogen) atoms. The zero-order valence-electron chi connectivity index (χ0n) is 37.8. The lowest BCUT2D eigenvalue weighted by Crippen LogP contribution is -2.51. The summed E-state index contributed by atoms with van der Waals surface area (Å²) in [6, 6.07) is 28.7. The monoisotopic (exact) mass is 888 g/mol. The maximum absolute atomic E-state index is 14.6. The number of fused-ring (bicyclic) bond motifs is 6. The van der Waals surface area contributed by atoms with Gasteiger partial charge in [0.15, 0.2) is 0 Å². The fraction of sp³-hybridized carbons (Fsp3) is 0.385.